The summed E-state index contributed by atoms with van der Waals surface area (Å²) >= 11 is 3.15. The molecule has 132 valence electrons. The largest absolute Gasteiger partial charge is 0.497 e. The average molecular weight is 385 g/mol. The first kappa shape index (κ1) is 16.8. The van der Waals surface area contributed by atoms with Gasteiger partial charge in [0, 0.05) is 12.6 Å². The summed E-state index contributed by atoms with van der Waals surface area (Å²) in [7, 11) is 3.58. The standard InChI is InChI=1S/C17H15N5O2S2/c1-22-16(13-7-4-8-25-13)19-20-17(22)26-10-14-18-15(21-24-14)11-5-3-6-12(9-11)23-2/h3-9H,10H2,1-2H3. The van der Waals surface area contributed by atoms with Crippen molar-refractivity contribution in [3.05, 3.63) is 47.7 Å². The van der Waals surface area contributed by atoms with Crippen LogP contribution in [0.25, 0.3) is 22.1 Å². The molecule has 3 aromatic heterocycles. The quantitative estimate of drug-likeness (QED) is 0.466. The predicted molar refractivity (Wildman–Crippen MR) is 100 cm³/mol. The van der Waals surface area contributed by atoms with Crippen molar-refractivity contribution in [2.75, 3.05) is 7.11 Å². The number of nitrogens with zero attached hydrogens (tertiary/aromatic N) is 5. The van der Waals surface area contributed by atoms with Crippen molar-refractivity contribution >= 4 is 23.1 Å². The van der Waals surface area contributed by atoms with E-state index in [-0.39, 0.29) is 0 Å². The minimum Gasteiger partial charge on any atom is -0.497 e. The fourth-order valence-corrected chi connectivity index (χ4v) is 3.87. The summed E-state index contributed by atoms with van der Waals surface area (Å²) in [5, 5.41) is 15.4. The second-order valence-electron chi connectivity index (χ2n) is 5.37. The smallest absolute Gasteiger partial charge is 0.237 e. The third-order valence-corrected chi connectivity index (χ3v) is 5.57. The fourth-order valence-electron chi connectivity index (χ4n) is 2.38. The molecule has 7 nitrogen and oxygen atoms in total. The van der Waals surface area contributed by atoms with Gasteiger partial charge in [0.1, 0.15) is 5.75 Å². The van der Waals surface area contributed by atoms with Crippen LogP contribution < -0.4 is 4.74 Å². The summed E-state index contributed by atoms with van der Waals surface area (Å²) in [6.45, 7) is 0. The molecule has 3 heterocycles. The van der Waals surface area contributed by atoms with Gasteiger partial charge in [-0.2, -0.15) is 4.98 Å². The van der Waals surface area contributed by atoms with Crippen molar-refractivity contribution in [1.29, 1.82) is 0 Å². The van der Waals surface area contributed by atoms with Crippen LogP contribution in [0.15, 0.2) is 51.5 Å². The van der Waals surface area contributed by atoms with Crippen LogP contribution >= 0.6 is 23.1 Å². The third kappa shape index (κ3) is 3.35. The van der Waals surface area contributed by atoms with Gasteiger partial charge in [0.25, 0.3) is 0 Å². The molecule has 0 atom stereocenters. The highest BCUT2D eigenvalue weighted by Gasteiger charge is 2.14. The lowest BCUT2D eigenvalue weighted by molar-refractivity contribution is 0.391. The zero-order valence-electron chi connectivity index (χ0n) is 14.1. The number of thioether (sulfide) groups is 1. The van der Waals surface area contributed by atoms with E-state index < -0.39 is 0 Å². The molecule has 9 heteroatoms. The van der Waals surface area contributed by atoms with E-state index in [1.807, 2.05) is 53.4 Å². The van der Waals surface area contributed by atoms with Crippen molar-refractivity contribution in [2.45, 2.75) is 10.9 Å². The molecule has 26 heavy (non-hydrogen) atoms. The van der Waals surface area contributed by atoms with E-state index in [0.29, 0.717) is 17.5 Å². The zero-order chi connectivity index (χ0) is 17.9. The molecule has 0 bridgehead atoms. The van der Waals surface area contributed by atoms with Gasteiger partial charge in [0.15, 0.2) is 11.0 Å². The van der Waals surface area contributed by atoms with Gasteiger partial charge in [-0.15, -0.1) is 21.5 Å². The van der Waals surface area contributed by atoms with E-state index in [1.165, 1.54) is 11.8 Å². The van der Waals surface area contributed by atoms with Gasteiger partial charge in [-0.1, -0.05) is 35.1 Å². The van der Waals surface area contributed by atoms with Crippen molar-refractivity contribution in [3.63, 3.8) is 0 Å². The summed E-state index contributed by atoms with van der Waals surface area (Å²) in [5.41, 5.74) is 0.850. The summed E-state index contributed by atoms with van der Waals surface area (Å²) in [6, 6.07) is 11.6. The Morgan fingerprint density at radius 1 is 1.23 bits per heavy atom. The summed E-state index contributed by atoms with van der Waals surface area (Å²) < 4.78 is 12.6. The number of rotatable bonds is 6. The van der Waals surface area contributed by atoms with Crippen LogP contribution in [0.2, 0.25) is 0 Å². The van der Waals surface area contributed by atoms with Crippen LogP contribution in [0.3, 0.4) is 0 Å². The summed E-state index contributed by atoms with van der Waals surface area (Å²) in [6.07, 6.45) is 0. The summed E-state index contributed by atoms with van der Waals surface area (Å²) in [5.74, 6) is 3.20. The number of thiophene rings is 1. The van der Waals surface area contributed by atoms with Crippen molar-refractivity contribution in [2.24, 2.45) is 7.05 Å². The molecule has 0 aliphatic heterocycles. The Morgan fingerprint density at radius 2 is 2.15 bits per heavy atom. The lowest BCUT2D eigenvalue weighted by atomic mass is 10.2. The number of hydrogen-bond acceptors (Lipinski definition) is 8. The van der Waals surface area contributed by atoms with Gasteiger partial charge in [0.05, 0.1) is 17.7 Å². The molecule has 0 amide bonds. The predicted octanol–water partition coefficient (Wildman–Crippen LogP) is 3.89. The number of aromatic nitrogens is 5. The second-order valence-corrected chi connectivity index (χ2v) is 7.27. The maximum absolute atomic E-state index is 5.36. The molecule has 0 spiro atoms. The van der Waals surface area contributed by atoms with Crippen LogP contribution in [0, 0.1) is 0 Å². The zero-order valence-corrected chi connectivity index (χ0v) is 15.8. The second kappa shape index (κ2) is 7.30. The highest BCUT2D eigenvalue weighted by Crippen LogP contribution is 2.28. The molecule has 0 aliphatic rings. The Labute approximate surface area is 158 Å². The molecule has 0 unspecified atom stereocenters. The highest BCUT2D eigenvalue weighted by atomic mass is 32.2. The number of benzene rings is 1. The van der Waals surface area contributed by atoms with Gasteiger partial charge >= 0.3 is 0 Å². The maximum Gasteiger partial charge on any atom is 0.237 e. The van der Waals surface area contributed by atoms with Gasteiger partial charge in [-0.25, -0.2) is 0 Å². The van der Waals surface area contributed by atoms with Crippen LogP contribution in [0.5, 0.6) is 5.75 Å². The molecule has 0 N–H and O–H groups in total. The first-order valence-electron chi connectivity index (χ1n) is 7.77. The van der Waals surface area contributed by atoms with Crippen molar-refractivity contribution in [1.82, 2.24) is 24.9 Å². The van der Waals surface area contributed by atoms with E-state index in [4.69, 9.17) is 9.26 Å². The SMILES string of the molecule is COc1cccc(-c2noc(CSc3nnc(-c4cccs4)n3C)n2)c1. The normalized spacial score (nSPS) is 11.0. The summed E-state index contributed by atoms with van der Waals surface area (Å²) in [4.78, 5) is 5.54. The van der Waals surface area contributed by atoms with E-state index in [9.17, 15) is 0 Å². The van der Waals surface area contributed by atoms with Gasteiger partial charge in [-0.3, -0.25) is 0 Å². The topological polar surface area (TPSA) is 78.9 Å². The lowest BCUT2D eigenvalue weighted by Gasteiger charge is -2.00. The molecule has 0 saturated carbocycles. The van der Waals surface area contributed by atoms with E-state index >= 15 is 0 Å². The minimum absolute atomic E-state index is 0.521. The van der Waals surface area contributed by atoms with Gasteiger partial charge in [-0.05, 0) is 23.6 Å². The van der Waals surface area contributed by atoms with E-state index in [1.54, 1.807) is 18.4 Å². The fraction of sp³-hybridized carbons (Fsp3) is 0.176. The molecular weight excluding hydrogens is 370 g/mol. The number of methoxy groups -OCH3 is 1. The first-order valence-corrected chi connectivity index (χ1v) is 9.64. The van der Waals surface area contributed by atoms with Crippen LogP contribution in [0.1, 0.15) is 5.89 Å². The van der Waals surface area contributed by atoms with Gasteiger partial charge in [0.2, 0.25) is 11.7 Å². The third-order valence-electron chi connectivity index (χ3n) is 3.70. The molecular formula is C17H15N5O2S2. The first-order chi connectivity index (χ1) is 12.7. The Kier molecular flexibility index (Phi) is 4.72. The van der Waals surface area contributed by atoms with Crippen LogP contribution in [-0.2, 0) is 12.8 Å². The molecule has 0 fully saturated rings. The maximum atomic E-state index is 5.36. The average Bonchev–Trinajstić information content (AvgIpc) is 3.41. The van der Waals surface area contributed by atoms with Crippen LogP contribution in [0.4, 0.5) is 0 Å². The molecule has 4 aromatic rings. The molecule has 0 aliphatic carbocycles. The van der Waals surface area contributed by atoms with Crippen molar-refractivity contribution in [3.8, 4) is 27.8 Å². The molecule has 0 radical (unpaired) electrons. The monoisotopic (exact) mass is 385 g/mol. The van der Waals surface area contributed by atoms with Crippen molar-refractivity contribution < 1.29 is 9.26 Å². The molecule has 4 rings (SSSR count). The number of hydrogen-bond donors (Lipinski definition) is 0. The Morgan fingerprint density at radius 3 is 2.96 bits per heavy atom. The Balaban J connectivity index is 1.47. The lowest BCUT2D eigenvalue weighted by Crippen LogP contribution is -1.94. The van der Waals surface area contributed by atoms with Gasteiger partial charge < -0.3 is 13.8 Å². The minimum atomic E-state index is 0.521. The van der Waals surface area contributed by atoms with E-state index in [2.05, 4.69) is 20.3 Å². The number of ether oxygens (including phenoxy) is 1. The van der Waals surface area contributed by atoms with E-state index in [0.717, 1.165) is 27.2 Å². The Bertz CT molecular complexity index is 1010. The molecule has 1 aromatic carbocycles. The molecule has 0 saturated heterocycles. The highest BCUT2D eigenvalue weighted by molar-refractivity contribution is 7.98. The Hall–Kier alpha value is -2.65. The van der Waals surface area contributed by atoms with Crippen LogP contribution in [-0.4, -0.2) is 32.0 Å².